The van der Waals surface area contributed by atoms with E-state index < -0.39 is 0 Å². The number of carbonyl (C=O) groups is 1. The second-order valence-electron chi connectivity index (χ2n) is 7.49. The van der Waals surface area contributed by atoms with Crippen LogP contribution in [0, 0.1) is 0 Å². The predicted octanol–water partition coefficient (Wildman–Crippen LogP) is 4.01. The fraction of sp³-hybridized carbons (Fsp3) is 0.391. The summed E-state index contributed by atoms with van der Waals surface area (Å²) in [4.78, 5) is 18.7. The molecule has 1 atom stereocenters. The molecule has 3 aromatic rings. The van der Waals surface area contributed by atoms with Gasteiger partial charge in [0.05, 0.1) is 17.6 Å². The average Bonchev–Trinajstić information content (AvgIpc) is 3.25. The number of likely N-dealkylation sites (N-methyl/N-ethyl adjacent to an activating group) is 1. The molecule has 2 heterocycles. The molecule has 2 aromatic carbocycles. The normalized spacial score (nSPS) is 16.9. The maximum absolute atomic E-state index is 12.0. The standard InChI is InChI=1S/C23H27N3O2/c1-3-17-9-11-19(12-10-17)28-14-6-13-26-21-8-5-4-7-20(21)24-23(26)18-15-22(27)25(2)16-18/h4-5,7-12,18H,3,6,13-16H2,1-2H3. The van der Waals surface area contributed by atoms with Gasteiger partial charge < -0.3 is 14.2 Å². The fourth-order valence-corrected chi connectivity index (χ4v) is 3.91. The first-order valence-electron chi connectivity index (χ1n) is 10.1. The number of hydrogen-bond acceptors (Lipinski definition) is 3. The highest BCUT2D eigenvalue weighted by atomic mass is 16.5. The number of imidazole rings is 1. The van der Waals surface area contributed by atoms with Gasteiger partial charge >= 0.3 is 0 Å². The summed E-state index contributed by atoms with van der Waals surface area (Å²) in [6.07, 6.45) is 2.47. The summed E-state index contributed by atoms with van der Waals surface area (Å²) in [7, 11) is 1.87. The minimum absolute atomic E-state index is 0.160. The van der Waals surface area contributed by atoms with E-state index in [2.05, 4.69) is 29.7 Å². The molecule has 28 heavy (non-hydrogen) atoms. The van der Waals surface area contributed by atoms with Crippen LogP contribution in [-0.4, -0.2) is 40.6 Å². The number of aryl methyl sites for hydroxylation is 2. The van der Waals surface area contributed by atoms with Crippen molar-refractivity contribution < 1.29 is 9.53 Å². The van der Waals surface area contributed by atoms with E-state index in [9.17, 15) is 4.79 Å². The number of carbonyl (C=O) groups excluding carboxylic acids is 1. The summed E-state index contributed by atoms with van der Waals surface area (Å²) in [5, 5.41) is 0. The quantitative estimate of drug-likeness (QED) is 0.585. The van der Waals surface area contributed by atoms with E-state index in [1.807, 2.05) is 37.4 Å². The average molecular weight is 377 g/mol. The van der Waals surface area contributed by atoms with Crippen molar-refractivity contribution in [2.45, 2.75) is 38.6 Å². The Kier molecular flexibility index (Phi) is 5.33. The van der Waals surface area contributed by atoms with Gasteiger partial charge in [-0.25, -0.2) is 4.98 Å². The minimum atomic E-state index is 0.160. The second-order valence-corrected chi connectivity index (χ2v) is 7.49. The smallest absolute Gasteiger partial charge is 0.223 e. The van der Waals surface area contributed by atoms with Crippen LogP contribution < -0.4 is 4.74 Å². The van der Waals surface area contributed by atoms with Gasteiger partial charge in [0, 0.05) is 32.5 Å². The van der Waals surface area contributed by atoms with Gasteiger partial charge in [0.15, 0.2) is 0 Å². The maximum atomic E-state index is 12.0. The van der Waals surface area contributed by atoms with Gasteiger partial charge in [0.25, 0.3) is 0 Å². The van der Waals surface area contributed by atoms with Crippen molar-refractivity contribution in [2.75, 3.05) is 20.2 Å². The first kappa shape index (κ1) is 18.5. The van der Waals surface area contributed by atoms with Gasteiger partial charge in [-0.05, 0) is 42.7 Å². The highest BCUT2D eigenvalue weighted by Crippen LogP contribution is 2.29. The monoisotopic (exact) mass is 377 g/mol. The second kappa shape index (κ2) is 8.05. The summed E-state index contributed by atoms with van der Waals surface area (Å²) in [6, 6.07) is 16.5. The van der Waals surface area contributed by atoms with Gasteiger partial charge in [0.1, 0.15) is 11.6 Å². The van der Waals surface area contributed by atoms with Crippen LogP contribution in [0.25, 0.3) is 11.0 Å². The van der Waals surface area contributed by atoms with E-state index in [4.69, 9.17) is 9.72 Å². The van der Waals surface area contributed by atoms with E-state index in [-0.39, 0.29) is 11.8 Å². The Balaban J connectivity index is 1.46. The van der Waals surface area contributed by atoms with Crippen LogP contribution >= 0.6 is 0 Å². The summed E-state index contributed by atoms with van der Waals surface area (Å²) < 4.78 is 8.19. The third-order valence-corrected chi connectivity index (χ3v) is 5.52. The molecule has 1 amide bonds. The number of nitrogens with zero attached hydrogens (tertiary/aromatic N) is 3. The molecule has 0 spiro atoms. The van der Waals surface area contributed by atoms with Gasteiger partial charge in [-0.1, -0.05) is 31.2 Å². The summed E-state index contributed by atoms with van der Waals surface area (Å²) in [6.45, 7) is 4.37. The molecule has 1 aromatic heterocycles. The molecule has 0 bridgehead atoms. The lowest BCUT2D eigenvalue weighted by molar-refractivity contribution is -0.126. The molecule has 1 saturated heterocycles. The lowest BCUT2D eigenvalue weighted by atomic mass is 10.1. The predicted molar refractivity (Wildman–Crippen MR) is 111 cm³/mol. The molecule has 0 N–H and O–H groups in total. The van der Waals surface area contributed by atoms with E-state index in [1.165, 1.54) is 5.56 Å². The number of aromatic nitrogens is 2. The van der Waals surface area contributed by atoms with Crippen LogP contribution in [0.4, 0.5) is 0 Å². The van der Waals surface area contributed by atoms with Crippen molar-refractivity contribution >= 4 is 16.9 Å². The number of fused-ring (bicyclic) bond motifs is 1. The Morgan fingerprint density at radius 1 is 1.14 bits per heavy atom. The third kappa shape index (κ3) is 3.75. The molecule has 1 aliphatic heterocycles. The highest BCUT2D eigenvalue weighted by Gasteiger charge is 2.31. The van der Waals surface area contributed by atoms with Gasteiger partial charge in [-0.3, -0.25) is 4.79 Å². The summed E-state index contributed by atoms with van der Waals surface area (Å²) in [5.41, 5.74) is 3.44. The number of hydrogen-bond donors (Lipinski definition) is 0. The number of rotatable bonds is 7. The lowest BCUT2D eigenvalue weighted by Crippen LogP contribution is -2.19. The van der Waals surface area contributed by atoms with Crippen molar-refractivity contribution in [3.63, 3.8) is 0 Å². The Morgan fingerprint density at radius 3 is 2.64 bits per heavy atom. The molecule has 146 valence electrons. The molecule has 0 saturated carbocycles. The van der Waals surface area contributed by atoms with Gasteiger partial charge in [0.2, 0.25) is 5.91 Å². The molecular formula is C23H27N3O2. The molecule has 5 nitrogen and oxygen atoms in total. The molecule has 0 aliphatic carbocycles. The van der Waals surface area contributed by atoms with Gasteiger partial charge in [-0.15, -0.1) is 0 Å². The summed E-state index contributed by atoms with van der Waals surface area (Å²) in [5.74, 6) is 2.29. The van der Waals surface area contributed by atoms with Crippen LogP contribution in [0.1, 0.15) is 37.1 Å². The number of benzene rings is 2. The largest absolute Gasteiger partial charge is 0.494 e. The third-order valence-electron chi connectivity index (χ3n) is 5.52. The zero-order valence-electron chi connectivity index (χ0n) is 16.6. The highest BCUT2D eigenvalue weighted by molar-refractivity contribution is 5.80. The van der Waals surface area contributed by atoms with E-state index in [1.54, 1.807) is 4.90 Å². The lowest BCUT2D eigenvalue weighted by Gasteiger charge is -2.14. The zero-order valence-corrected chi connectivity index (χ0v) is 16.6. The molecular weight excluding hydrogens is 350 g/mol. The number of ether oxygens (including phenoxy) is 1. The Labute approximate surface area is 165 Å². The maximum Gasteiger partial charge on any atom is 0.223 e. The van der Waals surface area contributed by atoms with Crippen LogP contribution in [0.3, 0.4) is 0 Å². The van der Waals surface area contributed by atoms with Crippen molar-refractivity contribution in [2.24, 2.45) is 0 Å². The molecule has 1 aliphatic rings. The number of amides is 1. The first-order chi connectivity index (χ1) is 13.7. The van der Waals surface area contributed by atoms with Crippen molar-refractivity contribution in [1.29, 1.82) is 0 Å². The SMILES string of the molecule is CCc1ccc(OCCCn2c(C3CC(=O)N(C)C3)nc3ccccc32)cc1. The van der Waals surface area contributed by atoms with Crippen LogP contribution in [0.2, 0.25) is 0 Å². The van der Waals surface area contributed by atoms with E-state index in [0.29, 0.717) is 13.0 Å². The van der Waals surface area contributed by atoms with Crippen LogP contribution in [-0.2, 0) is 17.8 Å². The zero-order chi connectivity index (χ0) is 19.5. The Hall–Kier alpha value is -2.82. The van der Waals surface area contributed by atoms with Gasteiger partial charge in [-0.2, -0.15) is 0 Å². The van der Waals surface area contributed by atoms with Crippen LogP contribution in [0.15, 0.2) is 48.5 Å². The van der Waals surface area contributed by atoms with Crippen molar-refractivity contribution in [1.82, 2.24) is 14.5 Å². The molecule has 5 heteroatoms. The van der Waals surface area contributed by atoms with E-state index >= 15 is 0 Å². The fourth-order valence-electron chi connectivity index (χ4n) is 3.91. The number of likely N-dealkylation sites (tertiary alicyclic amines) is 1. The molecule has 0 radical (unpaired) electrons. The van der Waals surface area contributed by atoms with E-state index in [0.717, 1.165) is 48.5 Å². The Morgan fingerprint density at radius 2 is 1.93 bits per heavy atom. The topological polar surface area (TPSA) is 47.4 Å². The minimum Gasteiger partial charge on any atom is -0.494 e. The number of para-hydroxylation sites is 2. The first-order valence-corrected chi connectivity index (χ1v) is 10.1. The van der Waals surface area contributed by atoms with Crippen LogP contribution in [0.5, 0.6) is 5.75 Å². The van der Waals surface area contributed by atoms with Crippen molar-refractivity contribution in [3.05, 3.63) is 59.9 Å². The van der Waals surface area contributed by atoms with Crippen molar-refractivity contribution in [3.8, 4) is 5.75 Å². The molecule has 1 fully saturated rings. The Bertz CT molecular complexity index is 962. The summed E-state index contributed by atoms with van der Waals surface area (Å²) >= 11 is 0. The molecule has 4 rings (SSSR count). The molecule has 1 unspecified atom stereocenters.